The third-order valence-electron chi connectivity index (χ3n) is 3.40. The van der Waals surface area contributed by atoms with Gasteiger partial charge in [-0.1, -0.05) is 18.2 Å². The largest absolute Gasteiger partial charge is 0.486 e. The van der Waals surface area contributed by atoms with E-state index in [-0.39, 0.29) is 18.8 Å². The van der Waals surface area contributed by atoms with E-state index in [9.17, 15) is 4.79 Å². The number of ketones is 1. The number of hydrogen-bond donors (Lipinski definition) is 1. The first kappa shape index (κ1) is 16.3. The fourth-order valence-electron chi connectivity index (χ4n) is 2.18. The molecule has 0 radical (unpaired) electrons. The van der Waals surface area contributed by atoms with Crippen LogP contribution in [0.15, 0.2) is 48.7 Å². The smallest absolute Gasteiger partial charge is 0.199 e. The molecule has 0 bridgehead atoms. The molecule has 7 nitrogen and oxygen atoms in total. The summed E-state index contributed by atoms with van der Waals surface area (Å²) in [6.07, 6.45) is 2.11. The zero-order valence-corrected chi connectivity index (χ0v) is 13.3. The van der Waals surface area contributed by atoms with Crippen molar-refractivity contribution in [2.45, 2.75) is 12.8 Å². The molecule has 0 spiro atoms. The number of nitrogens with one attached hydrogen (secondary N) is 1. The van der Waals surface area contributed by atoms with Crippen molar-refractivity contribution in [3.05, 3.63) is 60.0 Å². The van der Waals surface area contributed by atoms with Gasteiger partial charge in [0.05, 0.1) is 18.9 Å². The summed E-state index contributed by atoms with van der Waals surface area (Å²) < 4.78 is 5.46. The van der Waals surface area contributed by atoms with E-state index in [1.54, 1.807) is 36.5 Å². The van der Waals surface area contributed by atoms with E-state index < -0.39 is 0 Å². The first-order valence-corrected chi connectivity index (χ1v) is 7.67. The van der Waals surface area contributed by atoms with E-state index in [1.165, 1.54) is 0 Å². The molecule has 3 aromatic rings. The molecule has 0 amide bonds. The van der Waals surface area contributed by atoms with E-state index in [4.69, 9.17) is 10.00 Å². The van der Waals surface area contributed by atoms with Crippen molar-refractivity contribution in [1.82, 2.24) is 20.2 Å². The van der Waals surface area contributed by atoms with E-state index in [0.717, 1.165) is 5.56 Å². The maximum atomic E-state index is 12.0. The lowest BCUT2D eigenvalue weighted by molar-refractivity contribution is -0.120. The van der Waals surface area contributed by atoms with Crippen LogP contribution in [0.25, 0.3) is 11.5 Å². The van der Waals surface area contributed by atoms with Crippen LogP contribution >= 0.6 is 0 Å². The summed E-state index contributed by atoms with van der Waals surface area (Å²) in [5.41, 5.74) is 1.55. The summed E-state index contributed by atoms with van der Waals surface area (Å²) in [7, 11) is 0. The molecule has 2 heterocycles. The first-order valence-electron chi connectivity index (χ1n) is 7.67. The molecule has 7 heteroatoms. The van der Waals surface area contributed by atoms with Gasteiger partial charge in [0.2, 0.25) is 0 Å². The van der Waals surface area contributed by atoms with Gasteiger partial charge >= 0.3 is 0 Å². The summed E-state index contributed by atoms with van der Waals surface area (Å²) in [5.74, 6) is 1.39. The van der Waals surface area contributed by atoms with Crippen LogP contribution in [0.4, 0.5) is 0 Å². The number of carbonyl (C=O) groups excluding carboxylic acids is 1. The average molecular weight is 333 g/mol. The van der Waals surface area contributed by atoms with E-state index in [1.807, 2.05) is 12.1 Å². The maximum absolute atomic E-state index is 12.0. The van der Waals surface area contributed by atoms with Crippen LogP contribution in [0.1, 0.15) is 11.4 Å². The van der Waals surface area contributed by atoms with Gasteiger partial charge in [-0.2, -0.15) is 10.4 Å². The minimum absolute atomic E-state index is 0.0583. The highest BCUT2D eigenvalue weighted by atomic mass is 16.5. The quantitative estimate of drug-likeness (QED) is 0.710. The molecule has 1 aromatic carbocycles. The fraction of sp³-hybridized carbons (Fsp3) is 0.167. The van der Waals surface area contributed by atoms with Gasteiger partial charge in [0, 0.05) is 6.20 Å². The Hall–Kier alpha value is -3.53. The van der Waals surface area contributed by atoms with Gasteiger partial charge in [0.15, 0.2) is 11.6 Å². The Bertz CT molecular complexity index is 882. The van der Waals surface area contributed by atoms with Crippen molar-refractivity contribution < 1.29 is 9.53 Å². The first-order chi connectivity index (χ1) is 12.2. The lowest BCUT2D eigenvalue weighted by Crippen LogP contribution is -2.14. The second kappa shape index (κ2) is 7.84. The molecular weight excluding hydrogens is 318 g/mol. The summed E-state index contributed by atoms with van der Waals surface area (Å²) in [5, 5.41) is 15.4. The van der Waals surface area contributed by atoms with Gasteiger partial charge in [-0.05, 0) is 29.8 Å². The topological polar surface area (TPSA) is 105 Å². The molecule has 2 aromatic heterocycles. The van der Waals surface area contributed by atoms with Crippen LogP contribution < -0.4 is 4.74 Å². The Labute approximate surface area is 144 Å². The third-order valence-corrected chi connectivity index (χ3v) is 3.40. The summed E-state index contributed by atoms with van der Waals surface area (Å²) >= 11 is 0. The predicted molar refractivity (Wildman–Crippen MR) is 89.6 cm³/mol. The van der Waals surface area contributed by atoms with E-state index in [2.05, 4.69) is 26.2 Å². The zero-order chi connectivity index (χ0) is 17.5. The summed E-state index contributed by atoms with van der Waals surface area (Å²) in [6, 6.07) is 14.6. The molecule has 0 aliphatic heterocycles. The van der Waals surface area contributed by atoms with Gasteiger partial charge in [0.1, 0.15) is 23.9 Å². The van der Waals surface area contributed by atoms with Crippen LogP contribution in [0.2, 0.25) is 0 Å². The number of pyridine rings is 1. The molecule has 0 saturated heterocycles. The molecule has 1 N–H and O–H groups in total. The van der Waals surface area contributed by atoms with Crippen molar-refractivity contribution >= 4 is 5.78 Å². The van der Waals surface area contributed by atoms with Crippen LogP contribution in [-0.4, -0.2) is 32.6 Å². The zero-order valence-electron chi connectivity index (χ0n) is 13.3. The number of aromatic amines is 1. The van der Waals surface area contributed by atoms with E-state index >= 15 is 0 Å². The molecule has 0 atom stereocenters. The van der Waals surface area contributed by atoms with Crippen molar-refractivity contribution in [2.75, 3.05) is 6.61 Å². The van der Waals surface area contributed by atoms with Crippen LogP contribution in [0, 0.1) is 11.3 Å². The lowest BCUT2D eigenvalue weighted by Gasteiger charge is -2.05. The SMILES string of the molecule is N#CCc1ccc(OCC(=O)Cc2nc(-c3ccccn3)n[nH]2)cc1. The summed E-state index contributed by atoms with van der Waals surface area (Å²) in [4.78, 5) is 20.5. The number of hydrogen-bond acceptors (Lipinski definition) is 6. The number of ether oxygens (including phenoxy) is 1. The van der Waals surface area contributed by atoms with Crippen molar-refractivity contribution in [2.24, 2.45) is 0 Å². The molecule has 0 fully saturated rings. The number of benzene rings is 1. The number of nitrogens with zero attached hydrogens (tertiary/aromatic N) is 4. The van der Waals surface area contributed by atoms with Crippen LogP contribution in [-0.2, 0) is 17.6 Å². The molecule has 3 rings (SSSR count). The Balaban J connectivity index is 1.53. The van der Waals surface area contributed by atoms with Crippen molar-refractivity contribution in [1.29, 1.82) is 5.26 Å². The lowest BCUT2D eigenvalue weighted by atomic mass is 10.2. The average Bonchev–Trinajstić information content (AvgIpc) is 3.11. The standard InChI is InChI=1S/C18H15N5O2/c19-9-8-13-4-6-15(7-5-13)25-12-14(24)11-17-21-18(23-22-17)16-3-1-2-10-20-16/h1-7,10H,8,11-12H2,(H,21,22,23). The number of Topliss-reactive ketones (excluding diaryl/α,β-unsaturated/α-hetero) is 1. The molecule has 124 valence electrons. The van der Waals surface area contributed by atoms with Crippen LogP contribution in [0.5, 0.6) is 5.75 Å². The highest BCUT2D eigenvalue weighted by molar-refractivity contribution is 5.81. The van der Waals surface area contributed by atoms with E-state index in [0.29, 0.717) is 29.5 Å². The molecule has 0 aliphatic carbocycles. The highest BCUT2D eigenvalue weighted by Crippen LogP contribution is 2.13. The van der Waals surface area contributed by atoms with Crippen LogP contribution in [0.3, 0.4) is 0 Å². The normalized spacial score (nSPS) is 10.2. The fourth-order valence-corrected chi connectivity index (χ4v) is 2.18. The van der Waals surface area contributed by atoms with Gasteiger partial charge in [-0.15, -0.1) is 0 Å². The summed E-state index contributed by atoms with van der Waals surface area (Å²) in [6.45, 7) is -0.0583. The number of carbonyl (C=O) groups is 1. The van der Waals surface area contributed by atoms with Gasteiger partial charge in [-0.3, -0.25) is 14.9 Å². The Morgan fingerprint density at radius 1 is 1.20 bits per heavy atom. The maximum Gasteiger partial charge on any atom is 0.199 e. The number of nitriles is 1. The Morgan fingerprint density at radius 3 is 2.76 bits per heavy atom. The number of rotatable bonds is 7. The third kappa shape index (κ3) is 4.48. The molecule has 0 aliphatic rings. The Morgan fingerprint density at radius 2 is 2.04 bits per heavy atom. The van der Waals surface area contributed by atoms with Gasteiger partial charge in [0.25, 0.3) is 0 Å². The van der Waals surface area contributed by atoms with Crippen molar-refractivity contribution in [3.63, 3.8) is 0 Å². The second-order valence-corrected chi connectivity index (χ2v) is 5.30. The van der Waals surface area contributed by atoms with Gasteiger partial charge < -0.3 is 4.74 Å². The minimum Gasteiger partial charge on any atom is -0.486 e. The van der Waals surface area contributed by atoms with Crippen molar-refractivity contribution in [3.8, 4) is 23.3 Å². The molecule has 0 saturated carbocycles. The molecule has 0 unspecified atom stereocenters. The molecular formula is C18H15N5O2. The predicted octanol–water partition coefficient (Wildman–Crippen LogP) is 2.12. The second-order valence-electron chi connectivity index (χ2n) is 5.30. The Kier molecular flexibility index (Phi) is 5.12. The number of aromatic nitrogens is 4. The number of H-pyrrole nitrogens is 1. The highest BCUT2D eigenvalue weighted by Gasteiger charge is 2.11. The van der Waals surface area contributed by atoms with Gasteiger partial charge in [-0.25, -0.2) is 4.98 Å². The minimum atomic E-state index is -0.121. The monoisotopic (exact) mass is 333 g/mol. The molecule has 25 heavy (non-hydrogen) atoms.